The second kappa shape index (κ2) is 6.74. The Morgan fingerprint density at radius 3 is 2.39 bits per heavy atom. The summed E-state index contributed by atoms with van der Waals surface area (Å²) in [7, 11) is 0. The zero-order valence-corrected chi connectivity index (χ0v) is 13.8. The van der Waals surface area contributed by atoms with Crippen LogP contribution in [0.3, 0.4) is 0 Å². The normalized spacial score (nSPS) is 13.5. The van der Waals surface area contributed by atoms with Crippen molar-refractivity contribution in [3.05, 3.63) is 34.9 Å². The molecule has 0 aliphatic rings. The van der Waals surface area contributed by atoms with E-state index in [2.05, 4.69) is 15.5 Å². The van der Waals surface area contributed by atoms with Crippen molar-refractivity contribution < 1.29 is 13.2 Å². The van der Waals surface area contributed by atoms with Crippen LogP contribution in [0.1, 0.15) is 49.5 Å². The molecule has 0 saturated carbocycles. The third-order valence-electron chi connectivity index (χ3n) is 3.95. The Kier molecular flexibility index (Phi) is 5.13. The average molecular weight is 329 g/mol. The number of rotatable bonds is 6. The second-order valence-corrected chi connectivity index (χ2v) is 5.44. The fraction of sp³-hybridized carbons (Fsp3) is 0.600. The van der Waals surface area contributed by atoms with Crippen LogP contribution in [0.5, 0.6) is 0 Å². The molecule has 23 heavy (non-hydrogen) atoms. The molecule has 2 rings (SSSR count). The predicted octanol–water partition coefficient (Wildman–Crippen LogP) is 3.30. The molecule has 2 aromatic rings. The van der Waals surface area contributed by atoms with Crippen LogP contribution < -0.4 is 5.32 Å². The topological polar surface area (TPSA) is 47.7 Å². The summed E-state index contributed by atoms with van der Waals surface area (Å²) in [6, 6.07) is 1.09. The first kappa shape index (κ1) is 17.5. The van der Waals surface area contributed by atoms with Gasteiger partial charge >= 0.3 is 6.18 Å². The Hall–Kier alpha value is -1.83. The first-order valence-corrected chi connectivity index (χ1v) is 7.67. The van der Waals surface area contributed by atoms with Crippen LogP contribution in [0.2, 0.25) is 0 Å². The number of nitrogens with zero attached hydrogens (tertiary/aromatic N) is 4. The van der Waals surface area contributed by atoms with Crippen molar-refractivity contribution in [3.63, 3.8) is 0 Å². The van der Waals surface area contributed by atoms with E-state index in [-0.39, 0.29) is 6.04 Å². The molecular formula is C15H22F3N5. The van der Waals surface area contributed by atoms with Gasteiger partial charge in [-0.1, -0.05) is 0 Å². The second-order valence-electron chi connectivity index (χ2n) is 5.44. The number of aryl methyl sites for hydroxylation is 2. The molecule has 0 aromatic carbocycles. The van der Waals surface area contributed by atoms with E-state index < -0.39 is 11.9 Å². The van der Waals surface area contributed by atoms with Crippen LogP contribution >= 0.6 is 0 Å². The van der Waals surface area contributed by atoms with Crippen LogP contribution in [-0.4, -0.2) is 19.6 Å². The first-order chi connectivity index (χ1) is 10.8. The quantitative estimate of drug-likeness (QED) is 0.884. The zero-order valence-electron chi connectivity index (χ0n) is 13.8. The molecular weight excluding hydrogens is 307 g/mol. The van der Waals surface area contributed by atoms with E-state index in [1.165, 1.54) is 4.68 Å². The molecule has 0 fully saturated rings. The fourth-order valence-electron chi connectivity index (χ4n) is 2.58. The van der Waals surface area contributed by atoms with E-state index in [0.717, 1.165) is 23.9 Å². The van der Waals surface area contributed by atoms with Crippen molar-refractivity contribution in [2.45, 2.75) is 59.5 Å². The van der Waals surface area contributed by atoms with E-state index in [4.69, 9.17) is 0 Å². The van der Waals surface area contributed by atoms with E-state index >= 15 is 0 Å². The van der Waals surface area contributed by atoms with Gasteiger partial charge in [0.1, 0.15) is 0 Å². The molecule has 8 heteroatoms. The predicted molar refractivity (Wildman–Crippen MR) is 80.8 cm³/mol. The monoisotopic (exact) mass is 329 g/mol. The van der Waals surface area contributed by atoms with Gasteiger partial charge in [0.05, 0.1) is 11.9 Å². The van der Waals surface area contributed by atoms with Gasteiger partial charge in [0.25, 0.3) is 0 Å². The number of alkyl halides is 3. The summed E-state index contributed by atoms with van der Waals surface area (Å²) in [4.78, 5) is 0. The van der Waals surface area contributed by atoms with Gasteiger partial charge in [0.15, 0.2) is 5.69 Å². The van der Waals surface area contributed by atoms with Crippen molar-refractivity contribution in [1.29, 1.82) is 0 Å². The average Bonchev–Trinajstić information content (AvgIpc) is 3.07. The maximum atomic E-state index is 12.8. The Bertz CT molecular complexity index is 657. The van der Waals surface area contributed by atoms with Crippen LogP contribution in [0.25, 0.3) is 0 Å². The summed E-state index contributed by atoms with van der Waals surface area (Å²) >= 11 is 0. The van der Waals surface area contributed by atoms with Gasteiger partial charge in [0.2, 0.25) is 0 Å². The van der Waals surface area contributed by atoms with E-state index in [9.17, 15) is 13.2 Å². The Morgan fingerprint density at radius 2 is 1.87 bits per heavy atom. The number of aromatic nitrogens is 4. The summed E-state index contributed by atoms with van der Waals surface area (Å²) < 4.78 is 41.6. The van der Waals surface area contributed by atoms with Gasteiger partial charge in [-0.05, 0) is 33.8 Å². The fourth-order valence-corrected chi connectivity index (χ4v) is 2.58. The highest BCUT2D eigenvalue weighted by Crippen LogP contribution is 2.28. The lowest BCUT2D eigenvalue weighted by molar-refractivity contribution is -0.141. The summed E-state index contributed by atoms with van der Waals surface area (Å²) in [5.74, 6) is 0. The lowest BCUT2D eigenvalue weighted by Gasteiger charge is -2.14. The van der Waals surface area contributed by atoms with Gasteiger partial charge in [0, 0.05) is 36.9 Å². The molecule has 1 N–H and O–H groups in total. The minimum atomic E-state index is -4.42. The third kappa shape index (κ3) is 3.74. The Morgan fingerprint density at radius 1 is 1.22 bits per heavy atom. The van der Waals surface area contributed by atoms with Crippen molar-refractivity contribution in [2.75, 3.05) is 0 Å². The molecule has 2 heterocycles. The highest BCUT2D eigenvalue weighted by atomic mass is 19.4. The molecule has 0 spiro atoms. The number of nitrogens with one attached hydrogen (secondary N) is 1. The standard InChI is InChI=1S/C15H22F3N5/c1-5-22-11(4)13(9-20-22)10(3)19-8-12-7-14(15(16,17)18)21-23(12)6-2/h7,9-10,19H,5-6,8H2,1-4H3. The van der Waals surface area contributed by atoms with Crippen LogP contribution in [-0.2, 0) is 25.8 Å². The highest BCUT2D eigenvalue weighted by Gasteiger charge is 2.34. The van der Waals surface area contributed by atoms with Crippen LogP contribution in [0, 0.1) is 6.92 Å². The van der Waals surface area contributed by atoms with Crippen molar-refractivity contribution in [1.82, 2.24) is 24.9 Å². The molecule has 0 amide bonds. The summed E-state index contributed by atoms with van der Waals surface area (Å²) in [5.41, 5.74) is 1.78. The molecule has 0 radical (unpaired) electrons. The SMILES string of the molecule is CCn1nc(C(F)(F)F)cc1CNC(C)c1cnn(CC)c1C. The minimum Gasteiger partial charge on any atom is -0.304 e. The minimum absolute atomic E-state index is 0.00940. The molecule has 0 saturated heterocycles. The molecule has 128 valence electrons. The number of halogens is 3. The summed E-state index contributed by atoms with van der Waals surface area (Å²) in [5, 5.41) is 11.2. The van der Waals surface area contributed by atoms with Crippen molar-refractivity contribution in [3.8, 4) is 0 Å². The largest absolute Gasteiger partial charge is 0.435 e. The van der Waals surface area contributed by atoms with E-state index in [0.29, 0.717) is 18.8 Å². The molecule has 2 aromatic heterocycles. The smallest absolute Gasteiger partial charge is 0.304 e. The van der Waals surface area contributed by atoms with Gasteiger partial charge in [-0.3, -0.25) is 9.36 Å². The third-order valence-corrected chi connectivity index (χ3v) is 3.95. The van der Waals surface area contributed by atoms with E-state index in [1.807, 2.05) is 25.5 Å². The zero-order chi connectivity index (χ0) is 17.2. The Balaban J connectivity index is 2.11. The van der Waals surface area contributed by atoms with Crippen LogP contribution in [0.15, 0.2) is 12.3 Å². The Labute approximate surface area is 133 Å². The maximum Gasteiger partial charge on any atom is 0.435 e. The molecule has 0 aliphatic heterocycles. The van der Waals surface area contributed by atoms with Gasteiger partial charge in [-0.15, -0.1) is 0 Å². The first-order valence-electron chi connectivity index (χ1n) is 7.67. The van der Waals surface area contributed by atoms with Crippen molar-refractivity contribution in [2.24, 2.45) is 0 Å². The van der Waals surface area contributed by atoms with Gasteiger partial charge in [-0.2, -0.15) is 23.4 Å². The molecule has 1 atom stereocenters. The molecule has 5 nitrogen and oxygen atoms in total. The summed E-state index contributed by atoms with van der Waals surface area (Å²) in [6.45, 7) is 9.25. The lowest BCUT2D eigenvalue weighted by atomic mass is 10.1. The van der Waals surface area contributed by atoms with E-state index in [1.54, 1.807) is 13.1 Å². The highest BCUT2D eigenvalue weighted by molar-refractivity contribution is 5.20. The number of hydrogen-bond acceptors (Lipinski definition) is 3. The maximum absolute atomic E-state index is 12.8. The van der Waals surface area contributed by atoms with Gasteiger partial charge < -0.3 is 5.32 Å². The molecule has 1 unspecified atom stereocenters. The molecule has 0 aliphatic carbocycles. The van der Waals surface area contributed by atoms with Crippen molar-refractivity contribution >= 4 is 0 Å². The van der Waals surface area contributed by atoms with Gasteiger partial charge in [-0.25, -0.2) is 0 Å². The number of hydrogen-bond donors (Lipinski definition) is 1. The summed E-state index contributed by atoms with van der Waals surface area (Å²) in [6.07, 6.45) is -2.62. The molecule has 0 bridgehead atoms. The van der Waals surface area contributed by atoms with Crippen LogP contribution in [0.4, 0.5) is 13.2 Å². The lowest BCUT2D eigenvalue weighted by Crippen LogP contribution is -2.20.